The fourth-order valence-electron chi connectivity index (χ4n) is 7.17. The van der Waals surface area contributed by atoms with Crippen molar-refractivity contribution in [2.45, 2.75) is 56.4 Å². The molecule has 4 heterocycles. The van der Waals surface area contributed by atoms with Crippen LogP contribution in [0.25, 0.3) is 21.9 Å². The molecule has 0 spiro atoms. The quantitative estimate of drug-likeness (QED) is 0.247. The number of carbonyl (C=O) groups is 2. The number of amides is 3. The van der Waals surface area contributed by atoms with Crippen molar-refractivity contribution in [2.24, 2.45) is 0 Å². The Morgan fingerprint density at radius 1 is 1.06 bits per heavy atom. The zero-order valence-corrected chi connectivity index (χ0v) is 28.4. The van der Waals surface area contributed by atoms with Crippen LogP contribution in [0.5, 0.6) is 0 Å². The molecule has 2 saturated heterocycles. The highest BCUT2D eigenvalue weighted by atomic mass is 35.5. The predicted molar refractivity (Wildman–Crippen MR) is 183 cm³/mol. The highest BCUT2D eigenvalue weighted by Crippen LogP contribution is 2.39. The Hall–Kier alpha value is -4.30. The van der Waals surface area contributed by atoms with Crippen LogP contribution in [0.15, 0.2) is 47.4 Å². The monoisotopic (exact) mass is 700 g/mol. The number of likely N-dealkylation sites (tertiary alicyclic amines) is 2. The Balaban J connectivity index is 1.20. The van der Waals surface area contributed by atoms with E-state index in [4.69, 9.17) is 11.6 Å². The van der Waals surface area contributed by atoms with Gasteiger partial charge in [0.05, 0.1) is 39.0 Å². The molecule has 0 bridgehead atoms. The third kappa shape index (κ3) is 7.07. The maximum absolute atomic E-state index is 14.0. The second-order valence-electron chi connectivity index (χ2n) is 13.0. The largest absolute Gasteiger partial charge is 0.418 e. The molecule has 0 aliphatic carbocycles. The van der Waals surface area contributed by atoms with Crippen molar-refractivity contribution in [1.29, 1.82) is 0 Å². The highest BCUT2D eigenvalue weighted by Gasteiger charge is 2.37. The van der Waals surface area contributed by atoms with Crippen LogP contribution in [0.4, 0.5) is 23.7 Å². The summed E-state index contributed by atoms with van der Waals surface area (Å²) >= 11 is 6.27. The molecule has 6 rings (SSSR count). The molecule has 3 N–H and O–H groups in total. The van der Waals surface area contributed by atoms with Crippen molar-refractivity contribution < 1.29 is 22.8 Å². The van der Waals surface area contributed by atoms with Crippen LogP contribution in [-0.2, 0) is 17.4 Å². The zero-order valence-electron chi connectivity index (χ0n) is 27.6. The van der Waals surface area contributed by atoms with E-state index >= 15 is 0 Å². The van der Waals surface area contributed by atoms with Gasteiger partial charge in [-0.25, -0.2) is 9.59 Å². The van der Waals surface area contributed by atoms with E-state index in [0.29, 0.717) is 56.1 Å². The molecule has 11 nitrogen and oxygen atoms in total. The number of anilines is 1. The topological polar surface area (TPSA) is 119 Å². The summed E-state index contributed by atoms with van der Waals surface area (Å²) in [5.41, 5.74) is 0.907. The number of halogens is 4. The van der Waals surface area contributed by atoms with Crippen LogP contribution in [0.2, 0.25) is 5.02 Å². The summed E-state index contributed by atoms with van der Waals surface area (Å²) in [6, 6.07) is 8.46. The number of nitrogens with zero attached hydrogens (tertiary/aromatic N) is 5. The molecule has 0 unspecified atom stereocenters. The number of pyridine rings is 1. The molecule has 2 aromatic heterocycles. The molecule has 2 fully saturated rings. The summed E-state index contributed by atoms with van der Waals surface area (Å²) in [4.78, 5) is 53.6. The molecule has 49 heavy (non-hydrogen) atoms. The van der Waals surface area contributed by atoms with Gasteiger partial charge in [0.25, 0.3) is 0 Å². The number of H-pyrrole nitrogens is 1. The zero-order chi connectivity index (χ0) is 35.0. The minimum absolute atomic E-state index is 0.130. The summed E-state index contributed by atoms with van der Waals surface area (Å²) in [7, 11) is 5.33. The molecule has 2 aromatic carbocycles. The summed E-state index contributed by atoms with van der Waals surface area (Å²) < 4.78 is 43.6. The van der Waals surface area contributed by atoms with E-state index < -0.39 is 23.8 Å². The number of imidazole rings is 1. The fourth-order valence-corrected chi connectivity index (χ4v) is 7.50. The van der Waals surface area contributed by atoms with Gasteiger partial charge in [0.2, 0.25) is 5.91 Å². The number of aromatic amines is 1. The van der Waals surface area contributed by atoms with E-state index in [1.807, 2.05) is 38.4 Å². The number of urea groups is 1. The maximum atomic E-state index is 14.0. The minimum atomic E-state index is -4.69. The first-order valence-electron chi connectivity index (χ1n) is 16.4. The lowest BCUT2D eigenvalue weighted by atomic mass is 9.98. The number of benzene rings is 2. The van der Waals surface area contributed by atoms with Crippen molar-refractivity contribution in [2.75, 3.05) is 52.6 Å². The van der Waals surface area contributed by atoms with Crippen LogP contribution in [0, 0.1) is 0 Å². The van der Waals surface area contributed by atoms with Gasteiger partial charge in [-0.05, 0) is 63.5 Å². The Bertz CT molecular complexity index is 1910. The first kappa shape index (κ1) is 34.6. The van der Waals surface area contributed by atoms with Crippen molar-refractivity contribution in [3.63, 3.8) is 0 Å². The van der Waals surface area contributed by atoms with Crippen molar-refractivity contribution >= 4 is 51.2 Å². The molecule has 262 valence electrons. The van der Waals surface area contributed by atoms with Gasteiger partial charge in [-0.2, -0.15) is 13.2 Å². The molecule has 1 atom stereocenters. The van der Waals surface area contributed by atoms with Gasteiger partial charge in [-0.3, -0.25) is 14.3 Å². The molecule has 0 radical (unpaired) electrons. The van der Waals surface area contributed by atoms with Gasteiger partial charge in [-0.1, -0.05) is 29.8 Å². The van der Waals surface area contributed by atoms with E-state index in [0.717, 1.165) is 29.8 Å². The van der Waals surface area contributed by atoms with Gasteiger partial charge in [0.15, 0.2) is 0 Å². The third-order valence-corrected chi connectivity index (χ3v) is 10.1. The van der Waals surface area contributed by atoms with Crippen LogP contribution < -0.4 is 16.3 Å². The summed E-state index contributed by atoms with van der Waals surface area (Å²) in [5.74, 6) is -0.354. The number of carbonyl (C=O) groups excluding carboxylic acids is 2. The van der Waals surface area contributed by atoms with Crippen LogP contribution in [-0.4, -0.2) is 101 Å². The summed E-state index contributed by atoms with van der Waals surface area (Å²) in [6.45, 7) is 1.56. The normalized spacial score (nSPS) is 17.2. The Labute approximate surface area is 286 Å². The van der Waals surface area contributed by atoms with E-state index in [2.05, 4.69) is 25.5 Å². The fraction of sp³-hybridized carbons (Fsp3) is 0.471. The van der Waals surface area contributed by atoms with Gasteiger partial charge >= 0.3 is 17.9 Å². The first-order chi connectivity index (χ1) is 23.3. The Morgan fingerprint density at radius 3 is 2.39 bits per heavy atom. The molecule has 3 amide bonds. The summed E-state index contributed by atoms with van der Waals surface area (Å²) in [6.07, 6.45) is -0.716. The molecular weight excluding hydrogens is 661 g/mol. The standard InChI is InChI=1S/C34H40ClF3N8O3/c1-39-30-24(34(36,37)38)16-20(17-25(30)35)18-27(31(47)44-12-8-21(9-13-44)43(2)3)41-32(48)45-14-10-22(11-15-45)46-28-19-40-26-7-5-4-6-23(26)29(28)42-33(46)49/h4-7,16-17,19,21-22,27,39H,8-15,18H2,1-3H3,(H,41,48)(H,42,49)/t27-/m1/s1. The Morgan fingerprint density at radius 2 is 1.73 bits per heavy atom. The van der Waals surface area contributed by atoms with Crippen LogP contribution in [0.3, 0.4) is 0 Å². The number of nitrogens with one attached hydrogen (secondary N) is 3. The number of hydrogen-bond donors (Lipinski definition) is 3. The third-order valence-electron chi connectivity index (χ3n) is 9.83. The average molecular weight is 701 g/mol. The second-order valence-corrected chi connectivity index (χ2v) is 13.4. The highest BCUT2D eigenvalue weighted by molar-refractivity contribution is 6.33. The number of alkyl halides is 3. The first-order valence-corrected chi connectivity index (χ1v) is 16.8. The van der Waals surface area contributed by atoms with Gasteiger partial charge in [-0.15, -0.1) is 0 Å². The smallest absolute Gasteiger partial charge is 0.386 e. The Kier molecular flexibility index (Phi) is 9.81. The predicted octanol–water partition coefficient (Wildman–Crippen LogP) is 5.10. The minimum Gasteiger partial charge on any atom is -0.386 e. The van der Waals surface area contributed by atoms with E-state index in [1.54, 1.807) is 20.6 Å². The van der Waals surface area contributed by atoms with Gasteiger partial charge < -0.3 is 30.3 Å². The van der Waals surface area contributed by atoms with Crippen molar-refractivity contribution in [1.82, 2.24) is 34.6 Å². The number of aromatic nitrogens is 3. The lowest BCUT2D eigenvalue weighted by molar-refractivity contribution is -0.137. The number of piperidine rings is 2. The van der Waals surface area contributed by atoms with Crippen LogP contribution in [0.1, 0.15) is 42.9 Å². The van der Waals surface area contributed by atoms with E-state index in [9.17, 15) is 27.6 Å². The molecular formula is C34H40ClF3N8O3. The van der Waals surface area contributed by atoms with E-state index in [-0.39, 0.29) is 40.3 Å². The summed E-state index contributed by atoms with van der Waals surface area (Å²) in [5, 5.41) is 6.07. The molecule has 2 aliphatic heterocycles. The van der Waals surface area contributed by atoms with Gasteiger partial charge in [0, 0.05) is 57.1 Å². The molecule has 0 saturated carbocycles. The number of rotatable bonds is 7. The average Bonchev–Trinajstić information content (AvgIpc) is 3.43. The second kappa shape index (κ2) is 13.9. The molecule has 2 aliphatic rings. The van der Waals surface area contributed by atoms with Crippen LogP contribution >= 0.6 is 11.6 Å². The maximum Gasteiger partial charge on any atom is 0.418 e. The lowest BCUT2D eigenvalue weighted by Crippen LogP contribution is -2.56. The molecule has 15 heteroatoms. The van der Waals surface area contributed by atoms with Crippen molar-refractivity contribution in [3.05, 3.63) is 69.2 Å². The van der Waals surface area contributed by atoms with E-state index in [1.165, 1.54) is 13.1 Å². The number of fused-ring (bicyclic) bond motifs is 3. The van der Waals surface area contributed by atoms with Gasteiger partial charge in [0.1, 0.15) is 6.04 Å². The van der Waals surface area contributed by atoms with Crippen molar-refractivity contribution in [3.8, 4) is 0 Å². The molecule has 4 aromatic rings. The number of para-hydroxylation sites is 1. The number of hydrogen-bond acceptors (Lipinski definition) is 6. The lowest BCUT2D eigenvalue weighted by Gasteiger charge is -2.38. The SMILES string of the molecule is CNc1c(Cl)cc(C[C@@H](NC(=O)N2CCC(n3c(=O)[nH]c4c5ccccc5ncc43)CC2)C(=O)N2CCC(N(C)C)CC2)cc1C(F)(F)F.